The van der Waals surface area contributed by atoms with Crippen molar-refractivity contribution in [3.63, 3.8) is 0 Å². The standard InChI is InChI=1S/C12H17ClN2/c1-8-6-10(13)12(14)11(7-8)15-9-4-2-3-5-9/h6-7,9,15H,2-5,14H2,1H3. The Hall–Kier alpha value is -0.890. The number of halogens is 1. The SMILES string of the molecule is Cc1cc(Cl)c(N)c(NC2CCCC2)c1. The Balaban J connectivity index is 2.19. The molecule has 0 amide bonds. The van der Waals surface area contributed by atoms with E-state index in [4.69, 9.17) is 17.3 Å². The van der Waals surface area contributed by atoms with Crippen LogP contribution in [0.5, 0.6) is 0 Å². The molecule has 2 rings (SSSR count). The van der Waals surface area contributed by atoms with Crippen LogP contribution in [0, 0.1) is 6.92 Å². The van der Waals surface area contributed by atoms with Crippen LogP contribution in [-0.4, -0.2) is 6.04 Å². The molecule has 0 spiro atoms. The average Bonchev–Trinajstić information content (AvgIpc) is 2.66. The van der Waals surface area contributed by atoms with E-state index < -0.39 is 0 Å². The summed E-state index contributed by atoms with van der Waals surface area (Å²) in [5, 5.41) is 4.13. The van der Waals surface area contributed by atoms with Crippen molar-refractivity contribution in [2.75, 3.05) is 11.1 Å². The maximum Gasteiger partial charge on any atom is 0.0739 e. The predicted molar refractivity (Wildman–Crippen MR) is 66.5 cm³/mol. The highest BCUT2D eigenvalue weighted by Gasteiger charge is 2.16. The summed E-state index contributed by atoms with van der Waals surface area (Å²) in [5.74, 6) is 0. The maximum absolute atomic E-state index is 6.04. The molecule has 3 N–H and O–H groups in total. The zero-order valence-corrected chi connectivity index (χ0v) is 9.77. The van der Waals surface area contributed by atoms with Crippen LogP contribution in [0.3, 0.4) is 0 Å². The van der Waals surface area contributed by atoms with Gasteiger partial charge >= 0.3 is 0 Å². The minimum absolute atomic E-state index is 0.574. The third-order valence-electron chi connectivity index (χ3n) is 2.99. The van der Waals surface area contributed by atoms with E-state index in [1.165, 1.54) is 25.7 Å². The van der Waals surface area contributed by atoms with Gasteiger partial charge in [0.1, 0.15) is 0 Å². The molecular formula is C12H17ClN2. The molecule has 1 aromatic rings. The minimum Gasteiger partial charge on any atom is -0.396 e. The molecule has 0 saturated heterocycles. The summed E-state index contributed by atoms with van der Waals surface area (Å²) in [7, 11) is 0. The normalized spacial score (nSPS) is 16.9. The number of nitrogens with one attached hydrogen (secondary N) is 1. The lowest BCUT2D eigenvalue weighted by Crippen LogP contribution is -2.15. The fraction of sp³-hybridized carbons (Fsp3) is 0.500. The molecule has 2 nitrogen and oxygen atoms in total. The van der Waals surface area contributed by atoms with E-state index in [0.29, 0.717) is 16.8 Å². The summed E-state index contributed by atoms with van der Waals surface area (Å²) in [4.78, 5) is 0. The van der Waals surface area contributed by atoms with Gasteiger partial charge in [-0.05, 0) is 37.5 Å². The van der Waals surface area contributed by atoms with Gasteiger partial charge in [-0.15, -0.1) is 0 Å². The van der Waals surface area contributed by atoms with Crippen LogP contribution < -0.4 is 11.1 Å². The highest BCUT2D eigenvalue weighted by molar-refractivity contribution is 6.33. The molecule has 15 heavy (non-hydrogen) atoms. The first-order valence-corrected chi connectivity index (χ1v) is 5.87. The minimum atomic E-state index is 0.574. The highest BCUT2D eigenvalue weighted by Crippen LogP contribution is 2.31. The fourth-order valence-electron chi connectivity index (χ4n) is 2.16. The summed E-state index contributed by atoms with van der Waals surface area (Å²) in [6.07, 6.45) is 5.12. The lowest BCUT2D eigenvalue weighted by Gasteiger charge is -2.16. The highest BCUT2D eigenvalue weighted by atomic mass is 35.5. The summed E-state index contributed by atoms with van der Waals surface area (Å²) >= 11 is 6.04. The predicted octanol–water partition coefficient (Wildman–Crippen LogP) is 3.59. The molecule has 1 aromatic carbocycles. The van der Waals surface area contributed by atoms with Crippen molar-refractivity contribution in [1.82, 2.24) is 0 Å². The molecule has 0 bridgehead atoms. The Kier molecular flexibility index (Phi) is 3.06. The maximum atomic E-state index is 6.04. The van der Waals surface area contributed by atoms with Crippen molar-refractivity contribution in [2.45, 2.75) is 38.6 Å². The van der Waals surface area contributed by atoms with Gasteiger partial charge in [0.15, 0.2) is 0 Å². The van der Waals surface area contributed by atoms with E-state index >= 15 is 0 Å². The van der Waals surface area contributed by atoms with Gasteiger partial charge in [-0.25, -0.2) is 0 Å². The first kappa shape index (κ1) is 10.6. The summed E-state index contributed by atoms with van der Waals surface area (Å²) in [5.41, 5.74) is 8.75. The Morgan fingerprint density at radius 3 is 2.67 bits per heavy atom. The molecule has 1 saturated carbocycles. The van der Waals surface area contributed by atoms with E-state index in [-0.39, 0.29) is 0 Å². The molecule has 0 heterocycles. The van der Waals surface area contributed by atoms with E-state index in [9.17, 15) is 0 Å². The van der Waals surface area contributed by atoms with Crippen LogP contribution in [0.2, 0.25) is 5.02 Å². The number of hydrogen-bond donors (Lipinski definition) is 2. The topological polar surface area (TPSA) is 38.0 Å². The lowest BCUT2D eigenvalue weighted by molar-refractivity contribution is 0.756. The molecule has 1 fully saturated rings. The van der Waals surface area contributed by atoms with E-state index in [0.717, 1.165) is 11.3 Å². The third-order valence-corrected chi connectivity index (χ3v) is 3.30. The van der Waals surface area contributed by atoms with Gasteiger partial charge in [0.25, 0.3) is 0 Å². The Morgan fingerprint density at radius 1 is 1.33 bits per heavy atom. The first-order valence-electron chi connectivity index (χ1n) is 5.49. The number of hydrogen-bond acceptors (Lipinski definition) is 2. The number of anilines is 2. The average molecular weight is 225 g/mol. The van der Waals surface area contributed by atoms with Gasteiger partial charge in [0, 0.05) is 6.04 Å². The molecule has 0 aromatic heterocycles. The zero-order chi connectivity index (χ0) is 10.8. The van der Waals surface area contributed by atoms with Gasteiger partial charge in [0.2, 0.25) is 0 Å². The summed E-state index contributed by atoms with van der Waals surface area (Å²) in [6.45, 7) is 2.03. The molecule has 0 unspecified atom stereocenters. The van der Waals surface area contributed by atoms with Crippen molar-refractivity contribution in [3.05, 3.63) is 22.7 Å². The molecule has 82 valence electrons. The van der Waals surface area contributed by atoms with Crippen molar-refractivity contribution in [1.29, 1.82) is 0 Å². The van der Waals surface area contributed by atoms with E-state index in [1.54, 1.807) is 0 Å². The van der Waals surface area contributed by atoms with Gasteiger partial charge in [-0.1, -0.05) is 24.4 Å². The summed E-state index contributed by atoms with van der Waals surface area (Å²) in [6, 6.07) is 4.54. The van der Waals surface area contributed by atoms with Gasteiger partial charge < -0.3 is 11.1 Å². The van der Waals surface area contributed by atoms with E-state index in [2.05, 4.69) is 11.4 Å². The van der Waals surface area contributed by atoms with Crippen molar-refractivity contribution >= 4 is 23.0 Å². The number of aryl methyl sites for hydroxylation is 1. The molecule has 0 aliphatic heterocycles. The number of nitrogen functional groups attached to an aromatic ring is 1. The molecule has 0 radical (unpaired) electrons. The van der Waals surface area contributed by atoms with Crippen LogP contribution in [0.15, 0.2) is 12.1 Å². The third kappa shape index (κ3) is 2.37. The van der Waals surface area contributed by atoms with Crippen LogP contribution in [0.4, 0.5) is 11.4 Å². The largest absolute Gasteiger partial charge is 0.396 e. The molecule has 1 aliphatic rings. The van der Waals surface area contributed by atoms with Crippen molar-refractivity contribution in [3.8, 4) is 0 Å². The van der Waals surface area contributed by atoms with Crippen molar-refractivity contribution in [2.24, 2.45) is 0 Å². The second kappa shape index (κ2) is 4.31. The quantitative estimate of drug-likeness (QED) is 0.754. The fourth-order valence-corrected chi connectivity index (χ4v) is 2.44. The van der Waals surface area contributed by atoms with Crippen LogP contribution in [0.25, 0.3) is 0 Å². The summed E-state index contributed by atoms with van der Waals surface area (Å²) < 4.78 is 0. The monoisotopic (exact) mass is 224 g/mol. The zero-order valence-electron chi connectivity index (χ0n) is 9.02. The van der Waals surface area contributed by atoms with Crippen LogP contribution in [0.1, 0.15) is 31.2 Å². The van der Waals surface area contributed by atoms with Gasteiger partial charge in [0.05, 0.1) is 16.4 Å². The molecule has 1 aliphatic carbocycles. The number of benzene rings is 1. The van der Waals surface area contributed by atoms with Crippen molar-refractivity contribution < 1.29 is 0 Å². The second-order valence-corrected chi connectivity index (χ2v) is 4.74. The number of nitrogens with two attached hydrogens (primary N) is 1. The van der Waals surface area contributed by atoms with Crippen LogP contribution in [-0.2, 0) is 0 Å². The lowest BCUT2D eigenvalue weighted by atomic mass is 10.1. The molecule has 0 atom stereocenters. The number of rotatable bonds is 2. The van der Waals surface area contributed by atoms with Gasteiger partial charge in [-0.3, -0.25) is 0 Å². The Labute approximate surface area is 95.8 Å². The van der Waals surface area contributed by atoms with Gasteiger partial charge in [-0.2, -0.15) is 0 Å². The Morgan fingerprint density at radius 2 is 2.00 bits per heavy atom. The molecular weight excluding hydrogens is 208 g/mol. The Bertz CT molecular complexity index is 357. The second-order valence-electron chi connectivity index (χ2n) is 4.33. The first-order chi connectivity index (χ1) is 7.16. The van der Waals surface area contributed by atoms with E-state index in [1.807, 2.05) is 13.0 Å². The van der Waals surface area contributed by atoms with Crippen LogP contribution >= 0.6 is 11.6 Å². The smallest absolute Gasteiger partial charge is 0.0739 e. The molecule has 3 heteroatoms.